The summed E-state index contributed by atoms with van der Waals surface area (Å²) in [6, 6.07) is 10.8. The maximum atomic E-state index is 2.26. The lowest BCUT2D eigenvalue weighted by atomic mass is 9.80. The quantitative estimate of drug-likeness (QED) is 0.511. The van der Waals surface area contributed by atoms with Gasteiger partial charge in [-0.2, -0.15) is 0 Å². The van der Waals surface area contributed by atoms with E-state index in [1.54, 1.807) is 0 Å². The highest BCUT2D eigenvalue weighted by Crippen LogP contribution is 2.35. The van der Waals surface area contributed by atoms with E-state index in [1.807, 2.05) is 0 Å². The van der Waals surface area contributed by atoms with Gasteiger partial charge in [0.25, 0.3) is 0 Å². The van der Waals surface area contributed by atoms with Crippen molar-refractivity contribution in [3.05, 3.63) is 35.9 Å². The Balaban J connectivity index is 0.000000383. The largest absolute Gasteiger partial charge is 1.00 e. The number of rotatable bonds is 7. The van der Waals surface area contributed by atoms with E-state index in [0.29, 0.717) is 0 Å². The molecule has 0 radical (unpaired) electrons. The van der Waals surface area contributed by atoms with Gasteiger partial charge in [-0.3, -0.25) is 0 Å². The van der Waals surface area contributed by atoms with Gasteiger partial charge in [0.15, 0.2) is 0 Å². The topological polar surface area (TPSA) is 0 Å². The van der Waals surface area contributed by atoms with Crippen molar-refractivity contribution in [2.45, 2.75) is 64.2 Å². The van der Waals surface area contributed by atoms with Crippen LogP contribution in [0.25, 0.3) is 0 Å². The van der Waals surface area contributed by atoms with Crippen LogP contribution < -0.4 is 17.0 Å². The molecule has 0 spiro atoms. The van der Waals surface area contributed by atoms with Crippen molar-refractivity contribution in [2.24, 2.45) is 0 Å². The minimum absolute atomic E-state index is 0. The summed E-state index contributed by atoms with van der Waals surface area (Å²) in [6.07, 6.45) is 11.2. The second kappa shape index (κ2) is 12.1. The highest BCUT2D eigenvalue weighted by Gasteiger charge is 2.18. The summed E-state index contributed by atoms with van der Waals surface area (Å²) >= 11 is 0. The van der Waals surface area contributed by atoms with Crippen LogP contribution in [-0.2, 0) is 0 Å². The lowest BCUT2D eigenvalue weighted by Crippen LogP contribution is -3.00. The van der Waals surface area contributed by atoms with Crippen LogP contribution in [0.1, 0.15) is 69.8 Å². The molecule has 1 nitrogen and oxygen atoms in total. The molecule has 0 bridgehead atoms. The third kappa shape index (κ3) is 10.4. The molecule has 0 heterocycles. The number of halogens is 1. The van der Waals surface area contributed by atoms with E-state index in [9.17, 15) is 0 Å². The molecule has 1 aromatic carbocycles. The zero-order valence-corrected chi connectivity index (χ0v) is 16.7. The molecule has 22 heavy (non-hydrogen) atoms. The summed E-state index contributed by atoms with van der Waals surface area (Å²) in [6.45, 7) is 3.59. The Morgan fingerprint density at radius 3 is 1.95 bits per heavy atom. The van der Waals surface area contributed by atoms with Gasteiger partial charge < -0.3 is 21.5 Å². The van der Waals surface area contributed by atoms with E-state index in [2.05, 4.69) is 58.4 Å². The van der Waals surface area contributed by atoms with Gasteiger partial charge in [-0.1, -0.05) is 62.9 Å². The third-order valence-electron chi connectivity index (χ3n) is 4.31. The molecule has 1 aliphatic rings. The molecule has 128 valence electrons. The van der Waals surface area contributed by atoms with Gasteiger partial charge in [0.2, 0.25) is 0 Å². The zero-order valence-electron chi connectivity index (χ0n) is 15.2. The fraction of sp³-hybridized carbons (Fsp3) is 0.700. The Kier molecular flexibility index (Phi) is 11.9. The first-order valence-corrected chi connectivity index (χ1v) is 8.88. The average molecular weight is 370 g/mol. The summed E-state index contributed by atoms with van der Waals surface area (Å²) < 4.78 is 1.12. The van der Waals surface area contributed by atoms with Gasteiger partial charge in [0, 0.05) is 0 Å². The van der Waals surface area contributed by atoms with Crippen molar-refractivity contribution < 1.29 is 21.5 Å². The van der Waals surface area contributed by atoms with E-state index in [4.69, 9.17) is 0 Å². The predicted molar refractivity (Wildman–Crippen MR) is 94.7 cm³/mol. The number of hydrogen-bond acceptors (Lipinski definition) is 0. The first-order chi connectivity index (χ1) is 10.0. The molecule has 0 aliphatic heterocycles. The molecular weight excluding hydrogens is 334 g/mol. The van der Waals surface area contributed by atoms with Gasteiger partial charge in [0.05, 0.1) is 27.7 Å². The maximum absolute atomic E-state index is 2.26. The molecule has 2 rings (SSSR count). The predicted octanol–water partition coefficient (Wildman–Crippen LogP) is 2.62. The van der Waals surface area contributed by atoms with E-state index in [1.165, 1.54) is 63.5 Å². The molecule has 0 atom stereocenters. The van der Waals surface area contributed by atoms with Crippen molar-refractivity contribution >= 4 is 0 Å². The van der Waals surface area contributed by atoms with E-state index in [0.717, 1.165) is 10.4 Å². The molecule has 0 amide bonds. The van der Waals surface area contributed by atoms with Crippen LogP contribution >= 0.6 is 0 Å². The van der Waals surface area contributed by atoms with E-state index < -0.39 is 0 Å². The minimum atomic E-state index is 0. The molecule has 0 unspecified atom stereocenters. The molecule has 0 saturated heterocycles. The molecule has 2 heteroatoms. The molecular formula is C20H36BrN. The van der Waals surface area contributed by atoms with Crippen LogP contribution in [-0.4, -0.2) is 32.2 Å². The third-order valence-corrected chi connectivity index (χ3v) is 4.31. The van der Waals surface area contributed by atoms with Crippen LogP contribution in [0.2, 0.25) is 0 Å². The monoisotopic (exact) mass is 369 g/mol. The molecule has 0 aromatic heterocycles. The zero-order chi connectivity index (χ0) is 15.6. The Bertz CT molecular complexity index is 352. The van der Waals surface area contributed by atoms with Gasteiger partial charge in [-0.15, -0.1) is 0 Å². The SMILES string of the molecule is CCCCCCC[N+](C)(C)C.[Br-].c1ccc(C2CCC2)cc1. The summed E-state index contributed by atoms with van der Waals surface area (Å²) in [5.41, 5.74) is 1.54. The Hall–Kier alpha value is -0.340. The highest BCUT2D eigenvalue weighted by molar-refractivity contribution is 5.20. The van der Waals surface area contributed by atoms with E-state index >= 15 is 0 Å². The summed E-state index contributed by atoms with van der Waals surface area (Å²) in [5, 5.41) is 0. The second-order valence-corrected chi connectivity index (χ2v) is 7.47. The van der Waals surface area contributed by atoms with Gasteiger partial charge in [-0.05, 0) is 37.2 Å². The Morgan fingerprint density at radius 1 is 0.909 bits per heavy atom. The number of hydrogen-bond donors (Lipinski definition) is 0. The van der Waals surface area contributed by atoms with Crippen molar-refractivity contribution in [1.29, 1.82) is 0 Å². The second-order valence-electron chi connectivity index (χ2n) is 7.47. The Labute approximate surface area is 149 Å². The molecule has 1 fully saturated rings. The Morgan fingerprint density at radius 2 is 1.50 bits per heavy atom. The van der Waals surface area contributed by atoms with Crippen molar-refractivity contribution in [3.63, 3.8) is 0 Å². The average Bonchev–Trinajstić information content (AvgIpc) is 2.37. The molecule has 1 aliphatic carbocycles. The van der Waals surface area contributed by atoms with Crippen LogP contribution in [0.15, 0.2) is 30.3 Å². The first-order valence-electron chi connectivity index (χ1n) is 8.88. The normalized spacial score (nSPS) is 14.4. The van der Waals surface area contributed by atoms with Gasteiger partial charge in [-0.25, -0.2) is 0 Å². The number of unbranched alkanes of at least 4 members (excludes halogenated alkanes) is 4. The molecule has 0 N–H and O–H groups in total. The van der Waals surface area contributed by atoms with Crippen molar-refractivity contribution in [3.8, 4) is 0 Å². The molecule has 1 aromatic rings. The lowest BCUT2D eigenvalue weighted by Gasteiger charge is -2.25. The summed E-state index contributed by atoms with van der Waals surface area (Å²) in [5.74, 6) is 0.890. The van der Waals surface area contributed by atoms with Gasteiger partial charge in [0.1, 0.15) is 0 Å². The highest BCUT2D eigenvalue weighted by atomic mass is 79.9. The summed E-state index contributed by atoms with van der Waals surface area (Å²) in [4.78, 5) is 0. The van der Waals surface area contributed by atoms with E-state index in [-0.39, 0.29) is 17.0 Å². The number of benzene rings is 1. The smallest absolute Gasteiger partial charge is 0.0780 e. The van der Waals surface area contributed by atoms with Gasteiger partial charge >= 0.3 is 0 Å². The number of quaternary nitrogens is 1. The fourth-order valence-corrected chi connectivity index (χ4v) is 2.66. The lowest BCUT2D eigenvalue weighted by molar-refractivity contribution is -0.870. The van der Waals surface area contributed by atoms with Crippen molar-refractivity contribution in [2.75, 3.05) is 27.7 Å². The molecule has 1 saturated carbocycles. The van der Waals surface area contributed by atoms with Crippen molar-refractivity contribution in [1.82, 2.24) is 0 Å². The first kappa shape index (κ1) is 21.7. The maximum Gasteiger partial charge on any atom is 0.0780 e. The summed E-state index contributed by atoms with van der Waals surface area (Å²) in [7, 11) is 6.79. The van der Waals surface area contributed by atoms with Crippen LogP contribution in [0.4, 0.5) is 0 Å². The van der Waals surface area contributed by atoms with Crippen LogP contribution in [0.3, 0.4) is 0 Å². The van der Waals surface area contributed by atoms with Crippen LogP contribution in [0.5, 0.6) is 0 Å². The number of nitrogens with zero attached hydrogens (tertiary/aromatic N) is 1. The minimum Gasteiger partial charge on any atom is -1.00 e. The fourth-order valence-electron chi connectivity index (χ4n) is 2.66. The standard InChI is InChI=1S/C10H24N.C10H12.BrH/c1-5-6-7-8-9-10-11(2,3)4;1-2-5-9(6-3-1)10-7-4-8-10;/h5-10H2,1-4H3;1-3,5-6,10H,4,7-8H2;1H/q+1;;/p-1. The van der Waals surface area contributed by atoms with Crippen LogP contribution in [0, 0.1) is 0 Å².